The highest BCUT2D eigenvalue weighted by Gasteiger charge is 2.42. The number of aromatic nitrogens is 2. The molecule has 4 aromatic carbocycles. The van der Waals surface area contributed by atoms with Crippen LogP contribution in [0.5, 0.6) is 0 Å². The maximum absolute atomic E-state index is 14.6. The van der Waals surface area contributed by atoms with Gasteiger partial charge in [-0.1, -0.05) is 30.3 Å². The van der Waals surface area contributed by atoms with Gasteiger partial charge in [0, 0.05) is 42.2 Å². The quantitative estimate of drug-likeness (QED) is 0.196. The van der Waals surface area contributed by atoms with E-state index in [1.807, 2.05) is 13.8 Å². The van der Waals surface area contributed by atoms with E-state index in [0.717, 1.165) is 4.68 Å². The summed E-state index contributed by atoms with van der Waals surface area (Å²) in [5, 5.41) is 4.82. The molecule has 0 saturated heterocycles. The fraction of sp³-hybridized carbons (Fsp3) is 0.194. The number of rotatable bonds is 7. The molecule has 1 aliphatic heterocycles. The van der Waals surface area contributed by atoms with E-state index in [-0.39, 0.29) is 23.7 Å². The van der Waals surface area contributed by atoms with Crippen molar-refractivity contribution in [1.29, 1.82) is 0 Å². The molecule has 0 radical (unpaired) electrons. The molecular weight excluding hydrogens is 604 g/mol. The Labute approximate surface area is 269 Å². The number of amides is 3. The number of fused-ring (bicyclic) bond motifs is 2. The number of para-hydroxylation sites is 3. The van der Waals surface area contributed by atoms with Crippen molar-refractivity contribution in [2.75, 3.05) is 21.2 Å². The van der Waals surface area contributed by atoms with Crippen LogP contribution in [0.15, 0.2) is 97.1 Å². The summed E-state index contributed by atoms with van der Waals surface area (Å²) in [4.78, 5) is 59.9. The van der Waals surface area contributed by atoms with Crippen molar-refractivity contribution in [1.82, 2.24) is 9.78 Å². The molecule has 0 spiro atoms. The second-order valence-electron chi connectivity index (χ2n) is 11.6. The van der Waals surface area contributed by atoms with E-state index in [9.17, 15) is 28.0 Å². The lowest BCUT2D eigenvalue weighted by atomic mass is 9.97. The minimum atomic E-state index is -1.38. The predicted octanol–water partition coefficient (Wildman–Crippen LogP) is 6.29. The Balaban J connectivity index is 1.48. The summed E-state index contributed by atoms with van der Waals surface area (Å²) in [6, 6.07) is 24.7. The number of benzene rings is 4. The van der Waals surface area contributed by atoms with E-state index in [4.69, 9.17) is 0 Å². The molecule has 1 atom stereocenters. The Kier molecular flexibility index (Phi) is 8.38. The SMILES string of the molecule is CC(=O)n1nc(CC2C(=O)N(CC(=O)N(c3ccc(F)cc3)C(C)C)c3ccccc3N(c3ccccc3)C2=O)c2ccc(F)cc21. The third-order valence-corrected chi connectivity index (χ3v) is 8.11. The van der Waals surface area contributed by atoms with Crippen LogP contribution < -0.4 is 14.7 Å². The van der Waals surface area contributed by atoms with Gasteiger partial charge in [0.2, 0.25) is 23.6 Å². The van der Waals surface area contributed by atoms with Crippen molar-refractivity contribution >= 4 is 57.3 Å². The maximum Gasteiger partial charge on any atom is 0.247 e. The number of carbonyl (C=O) groups is 4. The summed E-state index contributed by atoms with van der Waals surface area (Å²) < 4.78 is 29.0. The normalized spacial score (nSPS) is 14.8. The van der Waals surface area contributed by atoms with Gasteiger partial charge in [0.25, 0.3) is 0 Å². The van der Waals surface area contributed by atoms with E-state index < -0.39 is 47.7 Å². The Bertz CT molecular complexity index is 2010. The first kappa shape index (κ1) is 31.3. The standard InChI is InChI=1S/C36H31F2N5O4/c1-22(2)41(27-16-13-24(37)14-17-27)34(45)21-40-31-11-7-8-12-32(31)42(26-9-5-4-6-10-26)36(47)29(35(40)46)20-30-28-18-15-25(38)19-33(28)43(39-30)23(3)44/h4-19,22,29H,20-21H2,1-3H3. The molecule has 0 saturated carbocycles. The van der Waals surface area contributed by atoms with Crippen molar-refractivity contribution in [2.24, 2.45) is 5.92 Å². The predicted molar refractivity (Wildman–Crippen MR) is 175 cm³/mol. The molecule has 11 heteroatoms. The molecule has 1 aromatic heterocycles. The molecule has 2 heterocycles. The van der Waals surface area contributed by atoms with Crippen LogP contribution in [-0.2, 0) is 20.8 Å². The summed E-state index contributed by atoms with van der Waals surface area (Å²) in [6.07, 6.45) is -0.228. The highest BCUT2D eigenvalue weighted by Crippen LogP contribution is 2.40. The molecule has 238 valence electrons. The third-order valence-electron chi connectivity index (χ3n) is 8.11. The Morgan fingerprint density at radius 3 is 2.13 bits per heavy atom. The molecule has 1 aliphatic rings. The van der Waals surface area contributed by atoms with E-state index in [0.29, 0.717) is 28.1 Å². The molecule has 0 fully saturated rings. The number of nitrogens with zero attached hydrogens (tertiary/aromatic N) is 5. The Morgan fingerprint density at radius 2 is 1.47 bits per heavy atom. The topological polar surface area (TPSA) is 95.8 Å². The lowest BCUT2D eigenvalue weighted by Gasteiger charge is -2.31. The third kappa shape index (κ3) is 5.87. The highest BCUT2D eigenvalue weighted by molar-refractivity contribution is 6.21. The van der Waals surface area contributed by atoms with Crippen LogP contribution in [0.4, 0.5) is 31.5 Å². The zero-order chi connectivity index (χ0) is 33.4. The molecule has 6 rings (SSSR count). The lowest BCUT2D eigenvalue weighted by Crippen LogP contribution is -2.48. The molecule has 9 nitrogen and oxygen atoms in total. The minimum Gasteiger partial charge on any atom is -0.308 e. The molecule has 0 aliphatic carbocycles. The van der Waals surface area contributed by atoms with E-state index in [2.05, 4.69) is 5.10 Å². The van der Waals surface area contributed by atoms with Crippen LogP contribution in [0.25, 0.3) is 10.9 Å². The second kappa shape index (κ2) is 12.6. The molecule has 3 amide bonds. The number of halogens is 2. The van der Waals surface area contributed by atoms with Gasteiger partial charge in [-0.2, -0.15) is 9.78 Å². The summed E-state index contributed by atoms with van der Waals surface area (Å²) in [5.41, 5.74) is 2.16. The van der Waals surface area contributed by atoms with Crippen molar-refractivity contribution in [2.45, 2.75) is 33.2 Å². The van der Waals surface area contributed by atoms with E-state index in [1.54, 1.807) is 54.6 Å². The number of hydrogen-bond acceptors (Lipinski definition) is 5. The monoisotopic (exact) mass is 635 g/mol. The van der Waals surface area contributed by atoms with Crippen LogP contribution in [0.2, 0.25) is 0 Å². The summed E-state index contributed by atoms with van der Waals surface area (Å²) in [6.45, 7) is 4.47. The first-order chi connectivity index (χ1) is 22.5. The molecule has 47 heavy (non-hydrogen) atoms. The number of carbonyl (C=O) groups excluding carboxylic acids is 4. The van der Waals surface area contributed by atoms with Crippen molar-refractivity contribution in [3.63, 3.8) is 0 Å². The number of anilines is 4. The van der Waals surface area contributed by atoms with E-state index >= 15 is 0 Å². The Morgan fingerprint density at radius 1 is 0.830 bits per heavy atom. The summed E-state index contributed by atoms with van der Waals surface area (Å²) in [7, 11) is 0. The van der Waals surface area contributed by atoms with Crippen LogP contribution in [0, 0.1) is 17.6 Å². The molecular formula is C36H31F2N5O4. The highest BCUT2D eigenvalue weighted by atomic mass is 19.1. The van der Waals surface area contributed by atoms with E-state index in [1.165, 1.54) is 64.1 Å². The summed E-state index contributed by atoms with van der Waals surface area (Å²) >= 11 is 0. The fourth-order valence-electron chi connectivity index (χ4n) is 6.03. The first-order valence-corrected chi connectivity index (χ1v) is 15.1. The fourth-order valence-corrected chi connectivity index (χ4v) is 6.03. The van der Waals surface area contributed by atoms with Crippen LogP contribution in [-0.4, -0.2) is 46.0 Å². The van der Waals surface area contributed by atoms with Crippen molar-refractivity contribution in [3.05, 3.63) is 114 Å². The van der Waals surface area contributed by atoms with Gasteiger partial charge in [0.05, 0.1) is 22.6 Å². The van der Waals surface area contributed by atoms with Gasteiger partial charge in [0.15, 0.2) is 0 Å². The van der Waals surface area contributed by atoms with Crippen LogP contribution in [0.1, 0.15) is 31.3 Å². The molecule has 5 aromatic rings. The van der Waals surface area contributed by atoms with Crippen molar-refractivity contribution in [3.8, 4) is 0 Å². The zero-order valence-corrected chi connectivity index (χ0v) is 25.9. The summed E-state index contributed by atoms with van der Waals surface area (Å²) in [5.74, 6) is -4.52. The second-order valence-corrected chi connectivity index (χ2v) is 11.6. The van der Waals surface area contributed by atoms with Crippen LogP contribution in [0.3, 0.4) is 0 Å². The Hall–Kier alpha value is -5.71. The largest absolute Gasteiger partial charge is 0.308 e. The molecule has 0 N–H and O–H groups in total. The van der Waals surface area contributed by atoms with Gasteiger partial charge < -0.3 is 9.80 Å². The average Bonchev–Trinajstić information content (AvgIpc) is 3.38. The zero-order valence-electron chi connectivity index (χ0n) is 25.9. The van der Waals surface area contributed by atoms with Gasteiger partial charge in [0.1, 0.15) is 24.1 Å². The van der Waals surface area contributed by atoms with Gasteiger partial charge >= 0.3 is 0 Å². The minimum absolute atomic E-state index is 0.211. The average molecular weight is 636 g/mol. The lowest BCUT2D eigenvalue weighted by molar-refractivity contribution is -0.132. The van der Waals surface area contributed by atoms with Gasteiger partial charge in [-0.15, -0.1) is 0 Å². The smallest absolute Gasteiger partial charge is 0.247 e. The van der Waals surface area contributed by atoms with Crippen LogP contribution >= 0.6 is 0 Å². The van der Waals surface area contributed by atoms with Gasteiger partial charge in [-0.3, -0.25) is 24.1 Å². The maximum atomic E-state index is 14.6. The van der Waals surface area contributed by atoms with Gasteiger partial charge in [-0.25, -0.2) is 8.78 Å². The van der Waals surface area contributed by atoms with Crippen molar-refractivity contribution < 1.29 is 28.0 Å². The molecule has 1 unspecified atom stereocenters. The number of hydrogen-bond donors (Lipinski definition) is 0. The molecule has 0 bridgehead atoms. The first-order valence-electron chi connectivity index (χ1n) is 15.1. The van der Waals surface area contributed by atoms with Gasteiger partial charge in [-0.05, 0) is 74.5 Å².